The van der Waals surface area contributed by atoms with Crippen molar-refractivity contribution in [2.24, 2.45) is 0 Å². The van der Waals surface area contributed by atoms with Crippen LogP contribution in [0.3, 0.4) is 0 Å². The molecule has 1 heterocycles. The Hall–Kier alpha value is -3.14. The predicted octanol–water partition coefficient (Wildman–Crippen LogP) is 7.08. The van der Waals surface area contributed by atoms with Gasteiger partial charge in [-0.1, -0.05) is 75.7 Å². The summed E-state index contributed by atoms with van der Waals surface area (Å²) in [6, 6.07) is 16.3. The maximum Gasteiger partial charge on any atom is 0.261 e. The number of carbonyl (C=O) groups is 1. The molecule has 2 aromatic carbocycles. The number of aryl methyl sites for hydroxylation is 3. The molecule has 0 aliphatic heterocycles. The average Bonchev–Trinajstić information content (AvgIpc) is 2.72. The lowest BCUT2D eigenvalue weighted by atomic mass is 9.92. The average molecular weight is 431 g/mol. The SMILES string of the molecule is Cc1ccc(COc2cc(C)nc(C)c2C(=O)Nc2c(C(C)C)cccc2C(C)C)cc1. The molecule has 1 aromatic heterocycles. The van der Waals surface area contributed by atoms with Crippen LogP contribution in [0.15, 0.2) is 48.5 Å². The van der Waals surface area contributed by atoms with Crippen molar-refractivity contribution in [3.8, 4) is 5.75 Å². The molecule has 4 nitrogen and oxygen atoms in total. The van der Waals surface area contributed by atoms with Gasteiger partial charge in [0.2, 0.25) is 0 Å². The van der Waals surface area contributed by atoms with Gasteiger partial charge in [0, 0.05) is 17.4 Å². The van der Waals surface area contributed by atoms with Gasteiger partial charge in [0.1, 0.15) is 17.9 Å². The number of amides is 1. The molecule has 1 amide bonds. The highest BCUT2D eigenvalue weighted by Crippen LogP contribution is 2.34. The number of rotatable bonds is 7. The van der Waals surface area contributed by atoms with Crippen LogP contribution in [0.1, 0.15) is 83.5 Å². The van der Waals surface area contributed by atoms with Gasteiger partial charge in [-0.15, -0.1) is 0 Å². The molecule has 0 aliphatic carbocycles. The highest BCUT2D eigenvalue weighted by molar-refractivity contribution is 6.07. The Balaban J connectivity index is 1.96. The molecule has 3 aromatic rings. The van der Waals surface area contributed by atoms with Crippen molar-refractivity contribution in [2.45, 2.75) is 66.9 Å². The number of benzene rings is 2. The van der Waals surface area contributed by atoms with Gasteiger partial charge in [0.05, 0.1) is 5.69 Å². The smallest absolute Gasteiger partial charge is 0.261 e. The number of anilines is 1. The molecule has 32 heavy (non-hydrogen) atoms. The summed E-state index contributed by atoms with van der Waals surface area (Å²) in [6.45, 7) is 14.8. The second kappa shape index (κ2) is 9.99. The maximum atomic E-state index is 13.5. The number of hydrogen-bond donors (Lipinski definition) is 1. The van der Waals surface area contributed by atoms with E-state index in [2.05, 4.69) is 75.3 Å². The van der Waals surface area contributed by atoms with Crippen molar-refractivity contribution in [3.05, 3.63) is 87.7 Å². The molecule has 0 bridgehead atoms. The van der Waals surface area contributed by atoms with Gasteiger partial charge in [-0.25, -0.2) is 0 Å². The van der Waals surface area contributed by atoms with E-state index >= 15 is 0 Å². The molecule has 0 aliphatic rings. The molecule has 3 rings (SSSR count). The zero-order valence-electron chi connectivity index (χ0n) is 20.2. The molecular weight excluding hydrogens is 396 g/mol. The largest absolute Gasteiger partial charge is 0.488 e. The summed E-state index contributed by atoms with van der Waals surface area (Å²) in [5, 5.41) is 3.21. The van der Waals surface area contributed by atoms with E-state index in [1.165, 1.54) is 5.56 Å². The minimum atomic E-state index is -0.191. The van der Waals surface area contributed by atoms with Crippen molar-refractivity contribution in [3.63, 3.8) is 0 Å². The van der Waals surface area contributed by atoms with E-state index in [0.717, 1.165) is 28.1 Å². The normalized spacial score (nSPS) is 11.2. The number of carbonyl (C=O) groups excluding carboxylic acids is 1. The Bertz CT molecular complexity index is 1070. The molecule has 0 saturated heterocycles. The maximum absolute atomic E-state index is 13.5. The Morgan fingerprint density at radius 2 is 1.53 bits per heavy atom. The van der Waals surface area contributed by atoms with Crippen molar-refractivity contribution < 1.29 is 9.53 Å². The third kappa shape index (κ3) is 5.37. The standard InChI is InChI=1S/C28H34N2O2/c1-17(2)23-9-8-10-24(18(3)4)27(23)30-28(31)26-21(7)29-20(6)15-25(26)32-16-22-13-11-19(5)12-14-22/h8-15,17-18H,16H2,1-7H3,(H,30,31). The topological polar surface area (TPSA) is 51.2 Å². The number of aromatic nitrogens is 1. The molecule has 4 heteroatoms. The van der Waals surface area contributed by atoms with Gasteiger partial charge in [-0.3, -0.25) is 9.78 Å². The first-order valence-corrected chi connectivity index (χ1v) is 11.3. The van der Waals surface area contributed by atoms with Crippen LogP contribution >= 0.6 is 0 Å². The summed E-state index contributed by atoms with van der Waals surface area (Å²) >= 11 is 0. The highest BCUT2D eigenvalue weighted by atomic mass is 16.5. The number of nitrogens with one attached hydrogen (secondary N) is 1. The Labute approximate surface area is 192 Å². The van der Waals surface area contributed by atoms with Gasteiger partial charge in [-0.05, 0) is 49.3 Å². The number of hydrogen-bond acceptors (Lipinski definition) is 3. The summed E-state index contributed by atoms with van der Waals surface area (Å²) in [5.41, 5.74) is 7.38. The molecule has 0 fully saturated rings. The fourth-order valence-corrected chi connectivity index (χ4v) is 3.90. The molecular formula is C28H34N2O2. The Morgan fingerprint density at radius 3 is 2.09 bits per heavy atom. The molecule has 0 radical (unpaired) electrons. The molecule has 0 atom stereocenters. The van der Waals surface area contributed by atoms with Crippen LogP contribution < -0.4 is 10.1 Å². The first-order chi connectivity index (χ1) is 15.2. The molecule has 0 spiro atoms. The van der Waals surface area contributed by atoms with Gasteiger partial charge in [0.25, 0.3) is 5.91 Å². The van der Waals surface area contributed by atoms with Gasteiger partial charge < -0.3 is 10.1 Å². The van der Waals surface area contributed by atoms with Crippen LogP contribution in [0.2, 0.25) is 0 Å². The minimum Gasteiger partial charge on any atom is -0.488 e. The van der Waals surface area contributed by atoms with E-state index in [9.17, 15) is 4.79 Å². The number of nitrogens with zero attached hydrogens (tertiary/aromatic N) is 1. The van der Waals surface area contributed by atoms with Crippen LogP contribution in [0.25, 0.3) is 0 Å². The van der Waals surface area contributed by atoms with Crippen LogP contribution in [0, 0.1) is 20.8 Å². The van der Waals surface area contributed by atoms with Gasteiger partial charge >= 0.3 is 0 Å². The van der Waals surface area contributed by atoms with Crippen LogP contribution in [-0.4, -0.2) is 10.9 Å². The Kier molecular flexibility index (Phi) is 7.34. The highest BCUT2D eigenvalue weighted by Gasteiger charge is 2.22. The molecule has 168 valence electrons. The molecule has 0 unspecified atom stereocenters. The van der Waals surface area contributed by atoms with E-state index < -0.39 is 0 Å². The summed E-state index contributed by atoms with van der Waals surface area (Å²) in [4.78, 5) is 18.1. The monoisotopic (exact) mass is 430 g/mol. The Morgan fingerprint density at radius 1 is 0.938 bits per heavy atom. The second-order valence-electron chi connectivity index (χ2n) is 9.07. The predicted molar refractivity (Wildman–Crippen MR) is 132 cm³/mol. The van der Waals surface area contributed by atoms with Crippen LogP contribution in [-0.2, 0) is 6.61 Å². The summed E-state index contributed by atoms with van der Waals surface area (Å²) in [7, 11) is 0. The number of para-hydroxylation sites is 1. The molecule has 1 N–H and O–H groups in total. The lowest BCUT2D eigenvalue weighted by molar-refractivity contribution is 0.102. The summed E-state index contributed by atoms with van der Waals surface area (Å²) in [5.74, 6) is 0.946. The quantitative estimate of drug-likeness (QED) is 0.435. The van der Waals surface area contributed by atoms with E-state index in [4.69, 9.17) is 4.74 Å². The first kappa shape index (κ1) is 23.5. The van der Waals surface area contributed by atoms with E-state index in [1.807, 2.05) is 32.0 Å². The van der Waals surface area contributed by atoms with E-state index in [0.29, 0.717) is 35.4 Å². The zero-order chi connectivity index (χ0) is 23.4. The lowest BCUT2D eigenvalue weighted by Crippen LogP contribution is -2.19. The van der Waals surface area contributed by atoms with Crippen LogP contribution in [0.4, 0.5) is 5.69 Å². The van der Waals surface area contributed by atoms with E-state index in [-0.39, 0.29) is 5.91 Å². The van der Waals surface area contributed by atoms with Crippen molar-refractivity contribution in [2.75, 3.05) is 5.32 Å². The van der Waals surface area contributed by atoms with Crippen LogP contribution in [0.5, 0.6) is 5.75 Å². The number of pyridine rings is 1. The van der Waals surface area contributed by atoms with E-state index in [1.54, 1.807) is 0 Å². The van der Waals surface area contributed by atoms with Crippen molar-refractivity contribution >= 4 is 11.6 Å². The third-order valence-electron chi connectivity index (χ3n) is 5.65. The fraction of sp³-hybridized carbons (Fsp3) is 0.357. The van der Waals surface area contributed by atoms with Gasteiger partial charge in [-0.2, -0.15) is 0 Å². The lowest BCUT2D eigenvalue weighted by Gasteiger charge is -2.21. The fourth-order valence-electron chi connectivity index (χ4n) is 3.90. The van der Waals surface area contributed by atoms with Crippen molar-refractivity contribution in [1.29, 1.82) is 0 Å². The number of ether oxygens (including phenoxy) is 1. The molecule has 0 saturated carbocycles. The second-order valence-corrected chi connectivity index (χ2v) is 9.07. The minimum absolute atomic E-state index is 0.191. The summed E-state index contributed by atoms with van der Waals surface area (Å²) in [6.07, 6.45) is 0. The summed E-state index contributed by atoms with van der Waals surface area (Å²) < 4.78 is 6.14. The van der Waals surface area contributed by atoms with Crippen molar-refractivity contribution in [1.82, 2.24) is 4.98 Å². The van der Waals surface area contributed by atoms with Gasteiger partial charge in [0.15, 0.2) is 0 Å². The first-order valence-electron chi connectivity index (χ1n) is 11.3. The third-order valence-corrected chi connectivity index (χ3v) is 5.65. The zero-order valence-corrected chi connectivity index (χ0v) is 20.2.